The van der Waals surface area contributed by atoms with E-state index in [2.05, 4.69) is 28.9 Å². The number of hydrogen-bond donors (Lipinski definition) is 1. The molecule has 1 N–H and O–H groups in total. The number of rotatable bonds is 2. The summed E-state index contributed by atoms with van der Waals surface area (Å²) in [5.41, 5.74) is 1.59. The van der Waals surface area contributed by atoms with Gasteiger partial charge in [0.2, 0.25) is 0 Å². The lowest BCUT2D eigenvalue weighted by Crippen LogP contribution is -2.20. The van der Waals surface area contributed by atoms with E-state index in [-0.39, 0.29) is 0 Å². The average Bonchev–Trinajstić information content (AvgIpc) is 2.59. The van der Waals surface area contributed by atoms with Crippen molar-refractivity contribution in [3.8, 4) is 0 Å². The van der Waals surface area contributed by atoms with Crippen molar-refractivity contribution in [1.82, 2.24) is 5.32 Å². The second-order valence-electron chi connectivity index (χ2n) is 3.07. The Labute approximate surface area is 77.1 Å². The first kappa shape index (κ1) is 8.02. The first-order valence-corrected chi connectivity index (χ1v) is 5.24. The molecule has 12 heavy (non-hydrogen) atoms. The molecule has 0 spiro atoms. The predicted molar refractivity (Wildman–Crippen MR) is 53.6 cm³/mol. The lowest BCUT2D eigenvalue weighted by molar-refractivity contribution is 0.693. The SMILES string of the molecule is C1=C(Cc2cccs2)CCNC1. The predicted octanol–water partition coefficient (Wildman–Crippen LogP) is 2.21. The standard InChI is InChI=1S/C10H13NS/c1-2-10(12-7-1)8-9-3-5-11-6-4-9/h1-3,7,11H,4-6,8H2. The van der Waals surface area contributed by atoms with Gasteiger partial charge in [0.25, 0.3) is 0 Å². The molecule has 1 aromatic heterocycles. The van der Waals surface area contributed by atoms with E-state index >= 15 is 0 Å². The lowest BCUT2D eigenvalue weighted by atomic mass is 10.1. The van der Waals surface area contributed by atoms with E-state index in [1.165, 1.54) is 17.7 Å². The molecule has 0 aromatic carbocycles. The number of nitrogens with one attached hydrogen (secondary N) is 1. The van der Waals surface area contributed by atoms with E-state index in [1.807, 2.05) is 11.3 Å². The minimum absolute atomic E-state index is 1.06. The maximum atomic E-state index is 3.32. The van der Waals surface area contributed by atoms with E-state index < -0.39 is 0 Å². The Morgan fingerprint density at radius 1 is 1.50 bits per heavy atom. The van der Waals surface area contributed by atoms with Crippen molar-refractivity contribution < 1.29 is 0 Å². The first-order chi connectivity index (χ1) is 5.95. The molecule has 1 nitrogen and oxygen atoms in total. The van der Waals surface area contributed by atoms with Crippen LogP contribution < -0.4 is 5.32 Å². The minimum atomic E-state index is 1.06. The third kappa shape index (κ3) is 1.96. The summed E-state index contributed by atoms with van der Waals surface area (Å²) in [6.45, 7) is 2.21. The van der Waals surface area contributed by atoms with Gasteiger partial charge < -0.3 is 5.32 Å². The van der Waals surface area contributed by atoms with E-state index in [9.17, 15) is 0 Å². The molecule has 0 aliphatic carbocycles. The molecular weight excluding hydrogens is 166 g/mol. The van der Waals surface area contributed by atoms with Gasteiger partial charge in [0.1, 0.15) is 0 Å². The molecule has 1 aliphatic heterocycles. The first-order valence-electron chi connectivity index (χ1n) is 4.36. The summed E-state index contributed by atoms with van der Waals surface area (Å²) in [4.78, 5) is 1.49. The molecule has 0 amide bonds. The van der Waals surface area contributed by atoms with Crippen LogP contribution in [0.1, 0.15) is 11.3 Å². The fraction of sp³-hybridized carbons (Fsp3) is 0.400. The summed E-state index contributed by atoms with van der Waals surface area (Å²) < 4.78 is 0. The molecule has 1 aromatic rings. The molecule has 64 valence electrons. The third-order valence-corrected chi connectivity index (χ3v) is 3.02. The van der Waals surface area contributed by atoms with Crippen molar-refractivity contribution in [2.45, 2.75) is 12.8 Å². The summed E-state index contributed by atoms with van der Waals surface area (Å²) in [5, 5.41) is 5.47. The second kappa shape index (κ2) is 3.87. The fourth-order valence-electron chi connectivity index (χ4n) is 1.47. The fourth-order valence-corrected chi connectivity index (χ4v) is 2.22. The minimum Gasteiger partial charge on any atom is -0.313 e. The highest BCUT2D eigenvalue weighted by atomic mass is 32.1. The van der Waals surface area contributed by atoms with Crippen LogP contribution in [0.25, 0.3) is 0 Å². The van der Waals surface area contributed by atoms with Crippen LogP contribution in [0.2, 0.25) is 0 Å². The maximum absolute atomic E-state index is 3.32. The highest BCUT2D eigenvalue weighted by molar-refractivity contribution is 7.09. The Hall–Kier alpha value is -0.600. The van der Waals surface area contributed by atoms with Crippen molar-refractivity contribution in [3.05, 3.63) is 34.0 Å². The van der Waals surface area contributed by atoms with Crippen LogP contribution in [0.5, 0.6) is 0 Å². The summed E-state index contributed by atoms with van der Waals surface area (Å²) in [5.74, 6) is 0. The van der Waals surface area contributed by atoms with Crippen LogP contribution in [0, 0.1) is 0 Å². The molecule has 0 radical (unpaired) electrons. The highest BCUT2D eigenvalue weighted by Crippen LogP contribution is 2.16. The average molecular weight is 179 g/mol. The van der Waals surface area contributed by atoms with Crippen molar-refractivity contribution in [2.24, 2.45) is 0 Å². The largest absolute Gasteiger partial charge is 0.313 e. The van der Waals surface area contributed by atoms with Gasteiger partial charge in [-0.25, -0.2) is 0 Å². The highest BCUT2D eigenvalue weighted by Gasteiger charge is 2.03. The topological polar surface area (TPSA) is 12.0 Å². The van der Waals surface area contributed by atoms with Gasteiger partial charge in [0, 0.05) is 17.8 Å². The van der Waals surface area contributed by atoms with E-state index in [0.717, 1.165) is 13.1 Å². The monoisotopic (exact) mass is 179 g/mol. The Balaban J connectivity index is 1.98. The quantitative estimate of drug-likeness (QED) is 0.686. The Kier molecular flexibility index (Phi) is 2.59. The maximum Gasteiger partial charge on any atom is 0.0137 e. The van der Waals surface area contributed by atoms with Crippen LogP contribution in [0.3, 0.4) is 0 Å². The van der Waals surface area contributed by atoms with E-state index in [1.54, 1.807) is 5.57 Å². The van der Waals surface area contributed by atoms with Gasteiger partial charge in [-0.05, 0) is 24.4 Å². The molecule has 2 rings (SSSR count). The summed E-state index contributed by atoms with van der Waals surface area (Å²) in [7, 11) is 0. The molecule has 0 fully saturated rings. The van der Waals surface area contributed by atoms with Crippen molar-refractivity contribution in [3.63, 3.8) is 0 Å². The third-order valence-electron chi connectivity index (χ3n) is 2.14. The summed E-state index contributed by atoms with van der Waals surface area (Å²) in [6.07, 6.45) is 4.71. The van der Waals surface area contributed by atoms with Crippen LogP contribution in [-0.4, -0.2) is 13.1 Å². The molecule has 0 unspecified atom stereocenters. The van der Waals surface area contributed by atoms with Crippen molar-refractivity contribution >= 4 is 11.3 Å². The normalized spacial score (nSPS) is 17.5. The van der Waals surface area contributed by atoms with Crippen LogP contribution in [0.15, 0.2) is 29.2 Å². The van der Waals surface area contributed by atoms with Gasteiger partial charge in [-0.2, -0.15) is 0 Å². The Morgan fingerprint density at radius 2 is 2.50 bits per heavy atom. The zero-order valence-electron chi connectivity index (χ0n) is 7.05. The number of thiophene rings is 1. The number of hydrogen-bond acceptors (Lipinski definition) is 2. The lowest BCUT2D eigenvalue weighted by Gasteiger charge is -2.12. The molecule has 0 saturated carbocycles. The van der Waals surface area contributed by atoms with Crippen molar-refractivity contribution in [2.75, 3.05) is 13.1 Å². The van der Waals surface area contributed by atoms with Gasteiger partial charge in [-0.15, -0.1) is 11.3 Å². The molecule has 2 heterocycles. The Morgan fingerprint density at radius 3 is 3.17 bits per heavy atom. The van der Waals surface area contributed by atoms with E-state index in [0.29, 0.717) is 0 Å². The van der Waals surface area contributed by atoms with Gasteiger partial charge in [0.05, 0.1) is 0 Å². The molecule has 2 heteroatoms. The summed E-state index contributed by atoms with van der Waals surface area (Å²) in [6, 6.07) is 4.34. The molecule has 0 atom stereocenters. The second-order valence-corrected chi connectivity index (χ2v) is 4.10. The smallest absolute Gasteiger partial charge is 0.0137 e. The molecule has 1 aliphatic rings. The Bertz CT molecular complexity index is 261. The molecule has 0 saturated heterocycles. The van der Waals surface area contributed by atoms with Gasteiger partial charge in [-0.1, -0.05) is 17.7 Å². The summed E-state index contributed by atoms with van der Waals surface area (Å²) >= 11 is 1.86. The van der Waals surface area contributed by atoms with Gasteiger partial charge in [0.15, 0.2) is 0 Å². The van der Waals surface area contributed by atoms with Crippen LogP contribution in [-0.2, 0) is 6.42 Å². The molecule has 0 bridgehead atoms. The van der Waals surface area contributed by atoms with Gasteiger partial charge in [-0.3, -0.25) is 0 Å². The van der Waals surface area contributed by atoms with E-state index in [4.69, 9.17) is 0 Å². The zero-order chi connectivity index (χ0) is 8.23. The van der Waals surface area contributed by atoms with Gasteiger partial charge >= 0.3 is 0 Å². The van der Waals surface area contributed by atoms with Crippen LogP contribution in [0.4, 0.5) is 0 Å². The molecular formula is C10H13NS. The zero-order valence-corrected chi connectivity index (χ0v) is 7.86. The van der Waals surface area contributed by atoms with Crippen molar-refractivity contribution in [1.29, 1.82) is 0 Å². The van der Waals surface area contributed by atoms with Crippen LogP contribution >= 0.6 is 11.3 Å².